The molecule has 0 aliphatic carbocycles. The summed E-state index contributed by atoms with van der Waals surface area (Å²) >= 11 is 16.3. The predicted molar refractivity (Wildman–Crippen MR) is 89.5 cm³/mol. The predicted octanol–water partition coefficient (Wildman–Crippen LogP) is 2.24. The minimum absolute atomic E-state index is 0.0640. The second-order valence-corrected chi connectivity index (χ2v) is 8.62. The van der Waals surface area contributed by atoms with E-state index in [-0.39, 0.29) is 24.5 Å². The van der Waals surface area contributed by atoms with E-state index in [1.807, 2.05) is 11.8 Å². The Hall–Kier alpha value is -0.570. The number of amides is 2. The second kappa shape index (κ2) is 9.05. The Balaban J connectivity index is 0.000000322. The lowest BCUT2D eigenvalue weighted by molar-refractivity contribution is -0.137. The number of thioether (sulfide) groups is 1. The summed E-state index contributed by atoms with van der Waals surface area (Å²) in [5.74, 6) is -1.22. The summed E-state index contributed by atoms with van der Waals surface area (Å²) in [6.07, 6.45) is 2.88. The molecule has 2 rings (SSSR count). The van der Waals surface area contributed by atoms with Crippen molar-refractivity contribution in [1.29, 1.82) is 0 Å². The molecule has 2 aliphatic rings. The molecule has 4 N–H and O–H groups in total. The fraction of sp³-hybridized carbons (Fsp3) is 0.750. The van der Waals surface area contributed by atoms with E-state index in [2.05, 4.69) is 10.6 Å². The van der Waals surface area contributed by atoms with Crippen LogP contribution in [0.5, 0.6) is 0 Å². The quantitative estimate of drug-likeness (QED) is 0.315. The summed E-state index contributed by atoms with van der Waals surface area (Å²) < 4.78 is -2.17. The Bertz CT molecular complexity index is 460. The molecule has 0 aromatic carbocycles. The highest BCUT2D eigenvalue weighted by molar-refractivity contribution is 8.00. The van der Waals surface area contributed by atoms with Crippen LogP contribution in [0.25, 0.3) is 0 Å². The van der Waals surface area contributed by atoms with Crippen LogP contribution in [0.1, 0.15) is 25.7 Å². The zero-order chi connectivity index (χ0) is 17.6. The molecule has 0 radical (unpaired) electrons. The van der Waals surface area contributed by atoms with Crippen molar-refractivity contribution in [3.63, 3.8) is 0 Å². The summed E-state index contributed by atoms with van der Waals surface area (Å²) in [5, 5.41) is 22.6. The van der Waals surface area contributed by atoms with Crippen LogP contribution in [-0.4, -0.2) is 55.1 Å². The number of carboxylic acids is 2. The first-order chi connectivity index (χ1) is 10.6. The average Bonchev–Trinajstić information content (AvgIpc) is 2.94. The first kappa shape index (κ1) is 20.5. The lowest BCUT2D eigenvalue weighted by atomic mass is 10.0. The molecule has 2 fully saturated rings. The van der Waals surface area contributed by atoms with Gasteiger partial charge >= 0.3 is 18.0 Å². The standard InChI is InChI=1S/C10H16N2O3S.C2HCl3O2/c13-8(14)4-2-1-3-7-9-6(5-16-7)11-10(15)12-9;3-2(4,5)1(6)7/h6-7,9H,1-5H2,(H,13,14)(H2,11,12,15);(H,6,7)/t6-,7-,9-;/m0./s1. The van der Waals surface area contributed by atoms with Crippen LogP contribution in [0.2, 0.25) is 0 Å². The fourth-order valence-electron chi connectivity index (χ4n) is 2.26. The highest BCUT2D eigenvalue weighted by atomic mass is 35.6. The molecule has 2 aliphatic heterocycles. The number of unbranched alkanes of at least 4 members (excludes halogenated alkanes) is 1. The lowest BCUT2D eigenvalue weighted by Gasteiger charge is -2.16. The van der Waals surface area contributed by atoms with Gasteiger partial charge in [0.2, 0.25) is 0 Å². The van der Waals surface area contributed by atoms with Gasteiger partial charge in [-0.1, -0.05) is 41.2 Å². The van der Waals surface area contributed by atoms with Gasteiger partial charge in [-0.15, -0.1) is 0 Å². The first-order valence-corrected chi connectivity index (χ1v) is 9.00. The van der Waals surface area contributed by atoms with Gasteiger partial charge in [0.25, 0.3) is 3.79 Å². The highest BCUT2D eigenvalue weighted by Gasteiger charge is 2.42. The van der Waals surface area contributed by atoms with Gasteiger partial charge in [-0.25, -0.2) is 9.59 Å². The van der Waals surface area contributed by atoms with E-state index in [0.717, 1.165) is 25.0 Å². The van der Waals surface area contributed by atoms with Crippen molar-refractivity contribution in [3.8, 4) is 0 Å². The van der Waals surface area contributed by atoms with Gasteiger partial charge in [0.1, 0.15) is 0 Å². The average molecular weight is 408 g/mol. The van der Waals surface area contributed by atoms with Crippen molar-refractivity contribution in [2.45, 2.75) is 46.8 Å². The molecule has 0 saturated carbocycles. The number of hydrogen-bond acceptors (Lipinski definition) is 4. The smallest absolute Gasteiger partial charge is 0.356 e. The van der Waals surface area contributed by atoms with Crippen molar-refractivity contribution in [2.24, 2.45) is 0 Å². The SMILES string of the molecule is O=C(O)C(Cl)(Cl)Cl.O=C(O)CCCC[C@@H]1SC[C@@H]2NC(=O)N[C@@H]21. The summed E-state index contributed by atoms with van der Waals surface area (Å²) in [7, 11) is 0. The molecule has 2 heterocycles. The molecule has 0 aromatic heterocycles. The Labute approximate surface area is 152 Å². The maximum Gasteiger partial charge on any atom is 0.356 e. The van der Waals surface area contributed by atoms with E-state index in [9.17, 15) is 14.4 Å². The van der Waals surface area contributed by atoms with Crippen LogP contribution in [-0.2, 0) is 9.59 Å². The van der Waals surface area contributed by atoms with Gasteiger partial charge in [-0.2, -0.15) is 11.8 Å². The zero-order valence-electron chi connectivity index (χ0n) is 11.9. The molecule has 2 saturated heterocycles. The summed E-state index contributed by atoms with van der Waals surface area (Å²) in [6, 6.07) is 0.440. The molecule has 3 atom stereocenters. The lowest BCUT2D eigenvalue weighted by Crippen LogP contribution is -2.36. The largest absolute Gasteiger partial charge is 0.481 e. The number of hydrogen-bond donors (Lipinski definition) is 4. The number of nitrogens with one attached hydrogen (secondary N) is 2. The molecule has 0 aromatic rings. The number of halogens is 3. The third kappa shape index (κ3) is 7.24. The number of carbonyl (C=O) groups is 3. The van der Waals surface area contributed by atoms with Crippen molar-refractivity contribution < 1.29 is 24.6 Å². The first-order valence-electron chi connectivity index (χ1n) is 6.81. The van der Waals surface area contributed by atoms with Crippen molar-refractivity contribution in [2.75, 3.05) is 5.75 Å². The number of carbonyl (C=O) groups excluding carboxylic acids is 1. The Kier molecular flexibility index (Phi) is 8.06. The molecular weight excluding hydrogens is 391 g/mol. The topological polar surface area (TPSA) is 116 Å². The van der Waals surface area contributed by atoms with E-state index >= 15 is 0 Å². The zero-order valence-corrected chi connectivity index (χ0v) is 15.0. The maximum absolute atomic E-state index is 11.1. The monoisotopic (exact) mass is 406 g/mol. The third-order valence-corrected chi connectivity index (χ3v) is 5.30. The summed E-state index contributed by atoms with van der Waals surface area (Å²) in [5.41, 5.74) is 0. The van der Waals surface area contributed by atoms with Crippen LogP contribution in [0.4, 0.5) is 4.79 Å². The Morgan fingerprint density at radius 2 is 1.83 bits per heavy atom. The van der Waals surface area contributed by atoms with E-state index in [1.165, 1.54) is 0 Å². The van der Waals surface area contributed by atoms with E-state index in [0.29, 0.717) is 5.25 Å². The van der Waals surface area contributed by atoms with Crippen LogP contribution >= 0.6 is 46.6 Å². The van der Waals surface area contributed by atoms with Gasteiger partial charge in [0, 0.05) is 17.4 Å². The van der Waals surface area contributed by atoms with Crippen LogP contribution in [0.15, 0.2) is 0 Å². The van der Waals surface area contributed by atoms with Gasteiger partial charge in [0.05, 0.1) is 12.1 Å². The molecule has 132 valence electrons. The maximum atomic E-state index is 11.1. The normalized spacial score (nSPS) is 25.7. The van der Waals surface area contributed by atoms with Crippen molar-refractivity contribution >= 4 is 64.5 Å². The molecule has 2 amide bonds. The minimum Gasteiger partial charge on any atom is -0.481 e. The fourth-order valence-corrected chi connectivity index (χ4v) is 3.81. The molecular formula is C12H17Cl3N2O5S. The van der Waals surface area contributed by atoms with Gasteiger partial charge in [-0.3, -0.25) is 4.79 Å². The molecule has 0 unspecified atom stereocenters. The van der Waals surface area contributed by atoms with Gasteiger partial charge < -0.3 is 20.8 Å². The summed E-state index contributed by atoms with van der Waals surface area (Å²) in [6.45, 7) is 0. The Morgan fingerprint density at radius 3 is 2.35 bits per heavy atom. The van der Waals surface area contributed by atoms with Gasteiger partial charge in [0.15, 0.2) is 0 Å². The van der Waals surface area contributed by atoms with E-state index in [1.54, 1.807) is 0 Å². The Morgan fingerprint density at radius 1 is 1.22 bits per heavy atom. The van der Waals surface area contributed by atoms with Gasteiger partial charge in [-0.05, 0) is 12.8 Å². The number of rotatable bonds is 5. The third-order valence-electron chi connectivity index (χ3n) is 3.31. The number of carboxylic acid groups (broad SMARTS) is 2. The van der Waals surface area contributed by atoms with Crippen LogP contribution in [0.3, 0.4) is 0 Å². The van der Waals surface area contributed by atoms with Crippen molar-refractivity contribution in [3.05, 3.63) is 0 Å². The van der Waals surface area contributed by atoms with Crippen LogP contribution in [0, 0.1) is 0 Å². The number of alkyl halides is 3. The summed E-state index contributed by atoms with van der Waals surface area (Å²) in [4.78, 5) is 31.1. The minimum atomic E-state index is -2.17. The van der Waals surface area contributed by atoms with Crippen LogP contribution < -0.4 is 10.6 Å². The number of aliphatic carboxylic acids is 2. The molecule has 0 spiro atoms. The second-order valence-electron chi connectivity index (χ2n) is 5.06. The highest BCUT2D eigenvalue weighted by Crippen LogP contribution is 2.33. The number of fused-ring (bicyclic) bond motifs is 1. The van der Waals surface area contributed by atoms with E-state index < -0.39 is 15.7 Å². The molecule has 11 heteroatoms. The van der Waals surface area contributed by atoms with Crippen molar-refractivity contribution in [1.82, 2.24) is 10.6 Å². The molecule has 0 bridgehead atoms. The molecule has 7 nitrogen and oxygen atoms in total. The molecule has 23 heavy (non-hydrogen) atoms. The number of urea groups is 1. The van der Waals surface area contributed by atoms with E-state index in [4.69, 9.17) is 45.0 Å².